The van der Waals surface area contributed by atoms with Crippen LogP contribution in [0.15, 0.2) is 17.2 Å². The number of aliphatic hydroxyl groups is 1. The highest BCUT2D eigenvalue weighted by Gasteiger charge is 2.46. The highest BCUT2D eigenvalue weighted by molar-refractivity contribution is 6.33. The molecule has 0 bridgehead atoms. The van der Waals surface area contributed by atoms with Gasteiger partial charge in [0.2, 0.25) is 0 Å². The summed E-state index contributed by atoms with van der Waals surface area (Å²) in [6.45, 7) is 5.08. The van der Waals surface area contributed by atoms with Gasteiger partial charge >= 0.3 is 0 Å². The Hall–Kier alpha value is -1.61. The lowest BCUT2D eigenvalue weighted by atomic mass is 9.94. The molecular formula is C16H18ClN3O2. The van der Waals surface area contributed by atoms with Gasteiger partial charge in [-0.05, 0) is 31.9 Å². The van der Waals surface area contributed by atoms with Crippen LogP contribution in [0.1, 0.15) is 30.0 Å². The molecule has 3 rings (SSSR count). The molecule has 2 aliphatic heterocycles. The fourth-order valence-electron chi connectivity index (χ4n) is 3.23. The lowest BCUT2D eigenvalue weighted by molar-refractivity contribution is 0.0203. The summed E-state index contributed by atoms with van der Waals surface area (Å²) >= 11 is 6.27. The van der Waals surface area contributed by atoms with Gasteiger partial charge in [0, 0.05) is 18.7 Å². The SMILES string of the molecule is CCO[C@@H]1C(c2ccc(C#N)c(Cl)c2C)=NN2CC[C@H](O)[C@@H]12. The van der Waals surface area contributed by atoms with Crippen LogP contribution in [0.5, 0.6) is 0 Å². The summed E-state index contributed by atoms with van der Waals surface area (Å²) in [6, 6.07) is 5.51. The van der Waals surface area contributed by atoms with E-state index in [2.05, 4.69) is 11.2 Å². The summed E-state index contributed by atoms with van der Waals surface area (Å²) in [5.74, 6) is 0. The Morgan fingerprint density at radius 3 is 3.00 bits per heavy atom. The molecule has 1 aromatic carbocycles. The molecule has 116 valence electrons. The van der Waals surface area contributed by atoms with Crippen molar-refractivity contribution in [1.82, 2.24) is 5.01 Å². The van der Waals surface area contributed by atoms with E-state index in [9.17, 15) is 5.11 Å². The number of nitriles is 1. The van der Waals surface area contributed by atoms with Gasteiger partial charge in [-0.3, -0.25) is 5.01 Å². The van der Waals surface area contributed by atoms with Gasteiger partial charge in [-0.2, -0.15) is 10.4 Å². The number of rotatable bonds is 3. The Bertz CT molecular complexity index is 668. The summed E-state index contributed by atoms with van der Waals surface area (Å²) < 4.78 is 5.87. The van der Waals surface area contributed by atoms with E-state index in [1.807, 2.05) is 24.9 Å². The molecule has 0 aromatic heterocycles. The van der Waals surface area contributed by atoms with E-state index in [0.717, 1.165) is 23.4 Å². The lowest BCUT2D eigenvalue weighted by Crippen LogP contribution is -2.42. The largest absolute Gasteiger partial charge is 0.391 e. The van der Waals surface area contributed by atoms with Gasteiger partial charge in [0.25, 0.3) is 0 Å². The maximum atomic E-state index is 10.2. The van der Waals surface area contributed by atoms with Crippen LogP contribution >= 0.6 is 11.6 Å². The maximum Gasteiger partial charge on any atom is 0.126 e. The standard InChI is InChI=1S/C16H18ClN3O2/c1-3-22-16-14(19-20-7-6-12(21)15(16)20)11-5-4-10(8-18)13(17)9(11)2/h4-5,12,15-16,21H,3,6-7H2,1-2H3/t12-,15-,16+/m0/s1. The number of hydrogen-bond donors (Lipinski definition) is 1. The highest BCUT2D eigenvalue weighted by Crippen LogP contribution is 2.34. The monoisotopic (exact) mass is 319 g/mol. The fraction of sp³-hybridized carbons (Fsp3) is 0.500. The van der Waals surface area contributed by atoms with Crippen molar-refractivity contribution < 1.29 is 9.84 Å². The van der Waals surface area contributed by atoms with E-state index in [1.54, 1.807) is 6.07 Å². The molecule has 0 unspecified atom stereocenters. The second-order valence-electron chi connectivity index (χ2n) is 5.58. The van der Waals surface area contributed by atoms with Crippen LogP contribution in [-0.4, -0.2) is 47.2 Å². The zero-order valence-electron chi connectivity index (χ0n) is 12.6. The quantitative estimate of drug-likeness (QED) is 0.926. The summed E-state index contributed by atoms with van der Waals surface area (Å²) in [5.41, 5.74) is 2.94. The van der Waals surface area contributed by atoms with Crippen LogP contribution in [0.25, 0.3) is 0 Å². The molecule has 1 aromatic rings. The first-order valence-electron chi connectivity index (χ1n) is 7.42. The Balaban J connectivity index is 2.04. The first-order valence-corrected chi connectivity index (χ1v) is 7.80. The number of aliphatic hydroxyl groups excluding tert-OH is 1. The first-order chi connectivity index (χ1) is 10.6. The zero-order chi connectivity index (χ0) is 15.9. The number of halogens is 1. The molecule has 22 heavy (non-hydrogen) atoms. The van der Waals surface area contributed by atoms with Gasteiger partial charge in [0.1, 0.15) is 18.2 Å². The average Bonchev–Trinajstić information content (AvgIpc) is 3.04. The summed E-state index contributed by atoms with van der Waals surface area (Å²) in [5, 5.41) is 26.3. The number of benzene rings is 1. The van der Waals surface area contributed by atoms with Crippen LogP contribution in [-0.2, 0) is 4.74 Å². The molecule has 0 amide bonds. The number of ether oxygens (including phenoxy) is 1. The third-order valence-electron chi connectivity index (χ3n) is 4.34. The second-order valence-corrected chi connectivity index (χ2v) is 5.96. The number of hydrogen-bond acceptors (Lipinski definition) is 5. The third-order valence-corrected chi connectivity index (χ3v) is 4.82. The molecule has 6 heteroatoms. The maximum absolute atomic E-state index is 10.2. The minimum Gasteiger partial charge on any atom is -0.391 e. The molecule has 1 N–H and O–H groups in total. The van der Waals surface area contributed by atoms with Crippen molar-refractivity contribution in [1.29, 1.82) is 5.26 Å². The van der Waals surface area contributed by atoms with Crippen LogP contribution in [0.4, 0.5) is 0 Å². The van der Waals surface area contributed by atoms with Crippen molar-refractivity contribution in [2.75, 3.05) is 13.2 Å². The van der Waals surface area contributed by atoms with Gasteiger partial charge in [0.05, 0.1) is 22.4 Å². The van der Waals surface area contributed by atoms with Crippen LogP contribution < -0.4 is 0 Å². The molecule has 0 saturated carbocycles. The fourth-order valence-corrected chi connectivity index (χ4v) is 3.43. The van der Waals surface area contributed by atoms with Crippen molar-refractivity contribution in [3.8, 4) is 6.07 Å². The summed E-state index contributed by atoms with van der Waals surface area (Å²) in [4.78, 5) is 0. The Morgan fingerprint density at radius 2 is 2.32 bits per heavy atom. The third kappa shape index (κ3) is 2.28. The van der Waals surface area contributed by atoms with Crippen molar-refractivity contribution in [3.63, 3.8) is 0 Å². The smallest absolute Gasteiger partial charge is 0.126 e. The van der Waals surface area contributed by atoms with Gasteiger partial charge in [0.15, 0.2) is 0 Å². The lowest BCUT2D eigenvalue weighted by Gasteiger charge is -2.24. The van der Waals surface area contributed by atoms with E-state index < -0.39 is 6.10 Å². The molecule has 3 atom stereocenters. The van der Waals surface area contributed by atoms with Gasteiger partial charge in [-0.1, -0.05) is 17.7 Å². The average molecular weight is 320 g/mol. The van der Waals surface area contributed by atoms with Crippen molar-refractivity contribution >= 4 is 17.3 Å². The van der Waals surface area contributed by atoms with E-state index in [0.29, 0.717) is 23.6 Å². The normalized spacial score (nSPS) is 26.8. The summed E-state index contributed by atoms with van der Waals surface area (Å²) in [6.07, 6.45) is -0.00448. The van der Waals surface area contributed by atoms with E-state index >= 15 is 0 Å². The number of hydrazone groups is 1. The van der Waals surface area contributed by atoms with Crippen LogP contribution in [0.3, 0.4) is 0 Å². The van der Waals surface area contributed by atoms with Gasteiger partial charge in [-0.25, -0.2) is 0 Å². The van der Waals surface area contributed by atoms with E-state index in [-0.39, 0.29) is 12.1 Å². The topological polar surface area (TPSA) is 68.8 Å². The Kier molecular flexibility index (Phi) is 4.09. The molecule has 2 aliphatic rings. The molecular weight excluding hydrogens is 302 g/mol. The van der Waals surface area contributed by atoms with Crippen molar-refractivity contribution in [2.24, 2.45) is 5.10 Å². The van der Waals surface area contributed by atoms with E-state index in [4.69, 9.17) is 21.6 Å². The van der Waals surface area contributed by atoms with Gasteiger partial charge in [-0.15, -0.1) is 0 Å². The van der Waals surface area contributed by atoms with Crippen LogP contribution in [0, 0.1) is 18.3 Å². The summed E-state index contributed by atoms with van der Waals surface area (Å²) in [7, 11) is 0. The molecule has 0 aliphatic carbocycles. The zero-order valence-corrected chi connectivity index (χ0v) is 13.3. The minimum absolute atomic E-state index is 0.135. The predicted octanol–water partition coefficient (Wildman–Crippen LogP) is 2.08. The number of fused-ring (bicyclic) bond motifs is 1. The molecule has 0 radical (unpaired) electrons. The van der Waals surface area contributed by atoms with Crippen LogP contribution in [0.2, 0.25) is 5.02 Å². The predicted molar refractivity (Wildman–Crippen MR) is 84.0 cm³/mol. The van der Waals surface area contributed by atoms with E-state index in [1.165, 1.54) is 0 Å². The Morgan fingerprint density at radius 1 is 1.55 bits per heavy atom. The number of nitrogens with zero attached hydrogens (tertiary/aromatic N) is 3. The minimum atomic E-state index is -0.438. The first kappa shape index (κ1) is 15.3. The van der Waals surface area contributed by atoms with Gasteiger partial charge < -0.3 is 9.84 Å². The highest BCUT2D eigenvalue weighted by atomic mass is 35.5. The molecule has 5 nitrogen and oxygen atoms in total. The van der Waals surface area contributed by atoms with Crippen molar-refractivity contribution in [3.05, 3.63) is 33.8 Å². The second kappa shape index (κ2) is 5.88. The molecule has 0 spiro atoms. The molecule has 1 fully saturated rings. The molecule has 2 heterocycles. The van der Waals surface area contributed by atoms with Crippen molar-refractivity contribution in [2.45, 2.75) is 38.5 Å². The Labute approximate surface area is 134 Å². The molecule has 1 saturated heterocycles.